The molecule has 0 amide bonds. The summed E-state index contributed by atoms with van der Waals surface area (Å²) in [6, 6.07) is 0. The second-order valence-electron chi connectivity index (χ2n) is 2.73. The molecule has 106 valence electrons. The fourth-order valence-corrected chi connectivity index (χ4v) is 0. The van der Waals surface area contributed by atoms with E-state index in [2.05, 4.69) is 27.0 Å². The molecule has 0 bridgehead atoms. The van der Waals surface area contributed by atoms with Crippen molar-refractivity contribution in [3.05, 3.63) is 38.5 Å². The van der Waals surface area contributed by atoms with E-state index in [9.17, 15) is 10.2 Å². The van der Waals surface area contributed by atoms with E-state index in [1.54, 1.807) is 13.8 Å². The molecule has 17 heavy (non-hydrogen) atoms. The molecule has 6 nitrogen and oxygen atoms in total. The minimum Gasteiger partial charge on any atom is -0.877 e. The predicted molar refractivity (Wildman–Crippen MR) is 66.5 cm³/mol. The zero-order chi connectivity index (χ0) is 10.3. The molecule has 0 aliphatic carbocycles. The Labute approximate surface area is 119 Å². The van der Waals surface area contributed by atoms with E-state index < -0.39 is 0 Å². The summed E-state index contributed by atoms with van der Waals surface area (Å²) < 4.78 is 0. The number of allylic oxidation sites excluding steroid dienone is 2. The first-order valence-electron chi connectivity index (χ1n) is 3.66. The first-order valence-corrected chi connectivity index (χ1v) is 3.66. The van der Waals surface area contributed by atoms with Crippen LogP contribution in [0.25, 0.3) is 0 Å². The summed E-state index contributed by atoms with van der Waals surface area (Å²) in [6.07, 6.45) is 0. The van der Waals surface area contributed by atoms with Gasteiger partial charge < -0.3 is 47.3 Å². The van der Waals surface area contributed by atoms with Gasteiger partial charge in [-0.1, -0.05) is 13.8 Å². The summed E-state index contributed by atoms with van der Waals surface area (Å²) in [5, 5.41) is 19.9. The molecule has 2 unspecified atom stereocenters. The van der Waals surface area contributed by atoms with Crippen molar-refractivity contribution < 1.29 is 42.9 Å². The molecule has 0 rings (SSSR count). The van der Waals surface area contributed by atoms with Crippen LogP contribution in [-0.4, -0.2) is 11.0 Å². The zero-order valence-electron chi connectivity index (χ0n) is 11.3. The smallest absolute Gasteiger partial charge is 0.877 e. The summed E-state index contributed by atoms with van der Waals surface area (Å²) >= 11 is 0. The Hall–Kier alpha value is -0.366. The van der Waals surface area contributed by atoms with Crippen molar-refractivity contribution in [2.75, 3.05) is 0 Å². The monoisotopic (exact) mass is 288 g/mol. The average Bonchev–Trinajstić information content (AvgIpc) is 1.88. The van der Waals surface area contributed by atoms with Crippen LogP contribution >= 0.6 is 0 Å². The van der Waals surface area contributed by atoms with Gasteiger partial charge in [0.2, 0.25) is 0 Å². The van der Waals surface area contributed by atoms with E-state index in [-0.39, 0.29) is 68.3 Å². The van der Waals surface area contributed by atoms with Crippen LogP contribution in [0.4, 0.5) is 0 Å². The molecule has 0 saturated carbocycles. The number of rotatable bonds is 2. The third kappa shape index (κ3) is 49.9. The predicted octanol–water partition coefficient (Wildman–Crippen LogP) is -0.238. The Kier molecular flexibility index (Phi) is 63.7. The summed E-state index contributed by atoms with van der Waals surface area (Å²) in [6.45, 7) is 16.6. The third-order valence-corrected chi connectivity index (χ3v) is 1.10. The van der Waals surface area contributed by atoms with Crippen LogP contribution < -0.4 is 22.5 Å². The molecule has 0 aliphatic rings. The Morgan fingerprint density at radius 3 is 0.941 bits per heavy atom. The van der Waals surface area contributed by atoms with E-state index >= 15 is 0 Å². The molecule has 0 saturated heterocycles. The van der Waals surface area contributed by atoms with Crippen molar-refractivity contribution in [3.8, 4) is 0 Å². The molecule has 12 N–H and O–H groups in total. The number of hydrogen-bond donors (Lipinski definition) is 2. The van der Waals surface area contributed by atoms with Crippen LogP contribution in [0.5, 0.6) is 0 Å². The van der Waals surface area contributed by atoms with Gasteiger partial charge in [0.25, 0.3) is 0 Å². The molecule has 0 radical (unpaired) electrons. The minimum absolute atomic E-state index is 0. The van der Waals surface area contributed by atoms with Gasteiger partial charge in [0.1, 0.15) is 0 Å². The first kappa shape index (κ1) is 43.8. The average molecular weight is 288 g/mol. The minimum atomic E-state index is -0.148. The molecular formula is C10H28N2O4Ti. The van der Waals surface area contributed by atoms with Crippen molar-refractivity contribution in [3.63, 3.8) is 0 Å². The molecule has 0 fully saturated rings. The van der Waals surface area contributed by atoms with Crippen molar-refractivity contribution in [1.29, 1.82) is 0 Å². The van der Waals surface area contributed by atoms with Gasteiger partial charge in [-0.3, -0.25) is 0 Å². The first-order chi connectivity index (χ1) is 5.29. The maximum Gasteiger partial charge on any atom is 2.00 e. The van der Waals surface area contributed by atoms with Gasteiger partial charge in [-0.25, -0.2) is 0 Å². The molecule has 2 atom stereocenters. The summed E-state index contributed by atoms with van der Waals surface area (Å²) in [7, 11) is 0. The largest absolute Gasteiger partial charge is 2.00 e. The van der Waals surface area contributed by atoms with Crippen molar-refractivity contribution in [1.82, 2.24) is 12.3 Å². The number of hydrogen-bond acceptors (Lipinski definition) is 2. The van der Waals surface area contributed by atoms with Crippen LogP contribution in [-0.2, 0) is 21.7 Å². The van der Waals surface area contributed by atoms with Gasteiger partial charge in [-0.05, 0) is 0 Å². The fraction of sp³-hybridized carbons (Fsp3) is 0.400. The normalized spacial score (nSPS) is 9.65. The number of quaternary nitrogens is 2. The molecule has 0 aromatic heterocycles. The quantitative estimate of drug-likeness (QED) is 0.404. The van der Waals surface area contributed by atoms with E-state index in [0.29, 0.717) is 0 Å². The summed E-state index contributed by atoms with van der Waals surface area (Å²) in [5.41, 5.74) is 0. The van der Waals surface area contributed by atoms with Gasteiger partial charge in [-0.2, -0.15) is 23.4 Å². The van der Waals surface area contributed by atoms with E-state index in [1.165, 1.54) is 0 Å². The molecule has 0 heterocycles. The standard InChI is InChI=1S/2C5H9O.2H3N.2H2O.Ti/c2*1-4(2)5(3)6;;;;;/h2*4,6H,1,3H2,2H3;2*1H3;2*1H2;/q2*-1;;;;;+2. The van der Waals surface area contributed by atoms with Crippen molar-refractivity contribution in [2.45, 2.75) is 13.8 Å². The second-order valence-corrected chi connectivity index (χ2v) is 2.73. The van der Waals surface area contributed by atoms with Crippen LogP contribution in [0.2, 0.25) is 0 Å². The summed E-state index contributed by atoms with van der Waals surface area (Å²) in [5.74, 6) is -0.500. The second kappa shape index (κ2) is 24.7. The van der Waals surface area contributed by atoms with Gasteiger partial charge >= 0.3 is 21.7 Å². The Bertz CT molecular complexity index is 146. The van der Waals surface area contributed by atoms with Crippen molar-refractivity contribution in [2.24, 2.45) is 11.8 Å². The Morgan fingerprint density at radius 1 is 0.882 bits per heavy atom. The van der Waals surface area contributed by atoms with Gasteiger partial charge in [-0.15, -0.1) is 13.2 Å². The van der Waals surface area contributed by atoms with Gasteiger partial charge in [0.05, 0.1) is 0 Å². The van der Waals surface area contributed by atoms with Crippen LogP contribution in [0.3, 0.4) is 0 Å². The zero-order valence-corrected chi connectivity index (χ0v) is 12.9. The SMILES string of the molecule is C=C([O-])C([CH2-])C.C=C([O-])C([CH2-])C.O.O.[NH4+].[NH4+].[Ti+2]. The topological polar surface area (TPSA) is 182 Å². The van der Waals surface area contributed by atoms with E-state index in [0.717, 1.165) is 0 Å². The van der Waals surface area contributed by atoms with Crippen LogP contribution in [0.15, 0.2) is 24.7 Å². The van der Waals surface area contributed by atoms with Crippen molar-refractivity contribution >= 4 is 0 Å². The molecule has 7 heteroatoms. The maximum atomic E-state index is 9.97. The Morgan fingerprint density at radius 2 is 0.941 bits per heavy atom. The fourth-order valence-electron chi connectivity index (χ4n) is 0. The molecule has 0 aromatic carbocycles. The molecule has 0 spiro atoms. The van der Waals surface area contributed by atoms with E-state index in [4.69, 9.17) is 0 Å². The van der Waals surface area contributed by atoms with Gasteiger partial charge in [0, 0.05) is 0 Å². The third-order valence-electron chi connectivity index (χ3n) is 1.10. The molecule has 0 aromatic rings. The van der Waals surface area contributed by atoms with E-state index in [1.807, 2.05) is 0 Å². The molecule has 0 aliphatic heterocycles. The Balaban J connectivity index is -0.0000000182. The maximum absolute atomic E-state index is 9.97. The van der Waals surface area contributed by atoms with Crippen LogP contribution in [0, 0.1) is 25.7 Å². The molecular weight excluding hydrogens is 260 g/mol. The van der Waals surface area contributed by atoms with Crippen LogP contribution in [0.1, 0.15) is 13.8 Å². The summed E-state index contributed by atoms with van der Waals surface area (Å²) in [4.78, 5) is 0. The van der Waals surface area contributed by atoms with Gasteiger partial charge in [0.15, 0.2) is 0 Å².